The van der Waals surface area contributed by atoms with Crippen LogP contribution in [0.15, 0.2) is 38.1 Å². The van der Waals surface area contributed by atoms with Crippen molar-refractivity contribution in [3.8, 4) is 11.5 Å². The van der Waals surface area contributed by atoms with E-state index in [1.807, 2.05) is 0 Å². The Labute approximate surface area is 157 Å². The van der Waals surface area contributed by atoms with E-state index in [9.17, 15) is 25.2 Å². The molecule has 0 saturated carbocycles. The molecule has 3 aromatic rings. The SMILES string of the molecule is COc1c2ccoc2c(OC2OC(CO)C(O)C(O)C2O)c2oc(=O)ccc12. The lowest BCUT2D eigenvalue weighted by molar-refractivity contribution is -0.277. The molecule has 10 heteroatoms. The molecule has 5 atom stereocenters. The number of furan rings is 1. The zero-order valence-corrected chi connectivity index (χ0v) is 14.6. The van der Waals surface area contributed by atoms with E-state index < -0.39 is 42.9 Å². The fourth-order valence-corrected chi connectivity index (χ4v) is 3.28. The molecule has 0 bridgehead atoms. The number of methoxy groups -OCH3 is 1. The fraction of sp³-hybridized carbons (Fsp3) is 0.389. The van der Waals surface area contributed by atoms with Crippen LogP contribution < -0.4 is 15.1 Å². The van der Waals surface area contributed by atoms with Gasteiger partial charge in [0.15, 0.2) is 11.2 Å². The lowest BCUT2D eigenvalue weighted by atomic mass is 9.99. The smallest absolute Gasteiger partial charge is 0.336 e. The number of hydrogen-bond acceptors (Lipinski definition) is 10. The van der Waals surface area contributed by atoms with Crippen LogP contribution in [-0.2, 0) is 4.74 Å². The van der Waals surface area contributed by atoms with Crippen molar-refractivity contribution in [1.29, 1.82) is 0 Å². The number of hydrogen-bond donors (Lipinski definition) is 4. The maximum Gasteiger partial charge on any atom is 0.336 e. The normalized spacial score (nSPS) is 28.0. The molecule has 1 aromatic carbocycles. The Morgan fingerprint density at radius 2 is 1.75 bits per heavy atom. The molecular formula is C18H18O10. The topological polar surface area (TPSA) is 152 Å². The predicted octanol–water partition coefficient (Wildman–Crippen LogP) is -0.274. The Morgan fingerprint density at radius 1 is 1.00 bits per heavy atom. The van der Waals surface area contributed by atoms with E-state index >= 15 is 0 Å². The summed E-state index contributed by atoms with van der Waals surface area (Å²) >= 11 is 0. The molecule has 2 aromatic heterocycles. The van der Waals surface area contributed by atoms with E-state index in [-0.39, 0.29) is 16.9 Å². The van der Waals surface area contributed by atoms with Crippen LogP contribution in [0.25, 0.3) is 21.9 Å². The van der Waals surface area contributed by atoms with Gasteiger partial charge in [-0.25, -0.2) is 4.79 Å². The van der Waals surface area contributed by atoms with Crippen LogP contribution in [0.3, 0.4) is 0 Å². The summed E-state index contributed by atoms with van der Waals surface area (Å²) in [5.41, 5.74) is -0.501. The van der Waals surface area contributed by atoms with Crippen molar-refractivity contribution in [3.63, 3.8) is 0 Å². The van der Waals surface area contributed by atoms with Gasteiger partial charge in [-0.05, 0) is 12.1 Å². The van der Waals surface area contributed by atoms with Crippen LogP contribution in [0.4, 0.5) is 0 Å². The highest BCUT2D eigenvalue weighted by Crippen LogP contribution is 2.43. The molecule has 0 amide bonds. The molecule has 28 heavy (non-hydrogen) atoms. The van der Waals surface area contributed by atoms with Gasteiger partial charge in [0.05, 0.1) is 30.8 Å². The van der Waals surface area contributed by atoms with E-state index in [4.69, 9.17) is 23.0 Å². The number of fused-ring (bicyclic) bond motifs is 2. The summed E-state index contributed by atoms with van der Waals surface area (Å²) in [6, 6.07) is 4.33. The Kier molecular flexibility index (Phi) is 4.73. The molecule has 1 saturated heterocycles. The van der Waals surface area contributed by atoms with Gasteiger partial charge in [-0.15, -0.1) is 0 Å². The number of rotatable bonds is 4. The summed E-state index contributed by atoms with van der Waals surface area (Å²) in [4.78, 5) is 11.8. The minimum absolute atomic E-state index is 0.0104. The maximum absolute atomic E-state index is 11.8. The van der Waals surface area contributed by atoms with Crippen LogP contribution in [0.1, 0.15) is 0 Å². The average Bonchev–Trinajstić information content (AvgIpc) is 3.17. The Balaban J connectivity index is 1.87. The van der Waals surface area contributed by atoms with Crippen LogP contribution in [0.2, 0.25) is 0 Å². The second kappa shape index (κ2) is 7.08. The molecule has 1 aliphatic heterocycles. The predicted molar refractivity (Wildman–Crippen MR) is 93.2 cm³/mol. The first-order valence-electron chi connectivity index (χ1n) is 8.44. The summed E-state index contributed by atoms with van der Waals surface area (Å²) in [5.74, 6) is 0.335. The van der Waals surface area contributed by atoms with Crippen molar-refractivity contribution in [2.75, 3.05) is 13.7 Å². The van der Waals surface area contributed by atoms with Crippen molar-refractivity contribution in [3.05, 3.63) is 34.9 Å². The second-order valence-electron chi connectivity index (χ2n) is 6.34. The Bertz CT molecular complexity index is 1050. The second-order valence-corrected chi connectivity index (χ2v) is 6.34. The first-order valence-corrected chi connectivity index (χ1v) is 8.44. The minimum atomic E-state index is -1.64. The van der Waals surface area contributed by atoms with Gasteiger partial charge in [-0.2, -0.15) is 0 Å². The highest BCUT2D eigenvalue weighted by molar-refractivity contribution is 6.06. The molecule has 0 spiro atoms. The summed E-state index contributed by atoms with van der Waals surface area (Å²) in [6.45, 7) is -0.612. The maximum atomic E-state index is 11.8. The summed E-state index contributed by atoms with van der Waals surface area (Å²) in [6.07, 6.45) is -6.06. The number of benzene rings is 1. The largest absolute Gasteiger partial charge is 0.495 e. The van der Waals surface area contributed by atoms with Crippen molar-refractivity contribution >= 4 is 21.9 Å². The fourth-order valence-electron chi connectivity index (χ4n) is 3.28. The standard InChI is InChI=1S/C18H18O10/c1-24-14-7-2-3-10(20)27-16(7)17(15-8(14)4-5-25-15)28-18-13(23)12(22)11(21)9(6-19)26-18/h2-5,9,11-13,18-19,21-23H,6H2,1H3. The van der Waals surface area contributed by atoms with Crippen molar-refractivity contribution < 1.29 is 43.5 Å². The molecular weight excluding hydrogens is 376 g/mol. The van der Waals surface area contributed by atoms with Gasteiger partial charge >= 0.3 is 5.63 Å². The lowest BCUT2D eigenvalue weighted by Gasteiger charge is -2.39. The number of aliphatic hydroxyl groups is 4. The van der Waals surface area contributed by atoms with Gasteiger partial charge in [-0.1, -0.05) is 0 Å². The molecule has 1 aliphatic rings. The highest BCUT2D eigenvalue weighted by atomic mass is 16.7. The van der Waals surface area contributed by atoms with Gasteiger partial charge in [0.1, 0.15) is 30.2 Å². The van der Waals surface area contributed by atoms with Gasteiger partial charge in [0.2, 0.25) is 12.0 Å². The van der Waals surface area contributed by atoms with E-state index in [1.54, 1.807) is 6.07 Å². The first kappa shape index (κ1) is 18.7. The van der Waals surface area contributed by atoms with Crippen molar-refractivity contribution in [1.82, 2.24) is 0 Å². The average molecular weight is 394 g/mol. The molecule has 150 valence electrons. The summed E-state index contributed by atoms with van der Waals surface area (Å²) < 4.78 is 27.2. The molecule has 1 fully saturated rings. The molecule has 10 nitrogen and oxygen atoms in total. The van der Waals surface area contributed by atoms with Crippen LogP contribution >= 0.6 is 0 Å². The quantitative estimate of drug-likeness (QED) is 0.435. The number of aliphatic hydroxyl groups excluding tert-OH is 4. The van der Waals surface area contributed by atoms with Crippen molar-refractivity contribution in [2.45, 2.75) is 30.7 Å². The van der Waals surface area contributed by atoms with Crippen LogP contribution in [0.5, 0.6) is 11.5 Å². The summed E-state index contributed by atoms with van der Waals surface area (Å²) in [7, 11) is 1.45. The minimum Gasteiger partial charge on any atom is -0.495 e. The third-order valence-electron chi connectivity index (χ3n) is 4.69. The number of ether oxygens (including phenoxy) is 3. The molecule has 4 rings (SSSR count). The molecule has 0 radical (unpaired) electrons. The third-order valence-corrected chi connectivity index (χ3v) is 4.69. The van der Waals surface area contributed by atoms with Crippen molar-refractivity contribution in [2.24, 2.45) is 0 Å². The van der Waals surface area contributed by atoms with Gasteiger partial charge in [0, 0.05) is 6.07 Å². The summed E-state index contributed by atoms with van der Waals surface area (Å²) in [5, 5.41) is 40.4. The zero-order chi connectivity index (χ0) is 20.0. The Morgan fingerprint density at radius 3 is 2.46 bits per heavy atom. The highest BCUT2D eigenvalue weighted by Gasteiger charge is 2.45. The van der Waals surface area contributed by atoms with E-state index in [2.05, 4.69) is 0 Å². The molecule has 3 heterocycles. The van der Waals surface area contributed by atoms with Crippen LogP contribution in [-0.4, -0.2) is 64.8 Å². The van der Waals surface area contributed by atoms with Gasteiger partial charge in [-0.3, -0.25) is 0 Å². The zero-order valence-electron chi connectivity index (χ0n) is 14.6. The molecule has 4 N–H and O–H groups in total. The molecule has 5 unspecified atom stereocenters. The first-order chi connectivity index (χ1) is 13.5. The van der Waals surface area contributed by atoms with Gasteiger partial charge < -0.3 is 43.5 Å². The van der Waals surface area contributed by atoms with Gasteiger partial charge in [0.25, 0.3) is 0 Å². The third kappa shape index (κ3) is 2.82. The van der Waals surface area contributed by atoms with E-state index in [1.165, 1.54) is 25.5 Å². The lowest BCUT2D eigenvalue weighted by Crippen LogP contribution is -2.60. The molecule has 0 aliphatic carbocycles. The monoisotopic (exact) mass is 394 g/mol. The van der Waals surface area contributed by atoms with E-state index in [0.29, 0.717) is 16.5 Å². The van der Waals surface area contributed by atoms with E-state index in [0.717, 1.165) is 0 Å². The van der Waals surface area contributed by atoms with Crippen LogP contribution in [0, 0.1) is 0 Å². The Hall–Kier alpha value is -2.63.